The Morgan fingerprint density at radius 2 is 1.97 bits per heavy atom. The highest BCUT2D eigenvalue weighted by Crippen LogP contribution is 2.32. The lowest BCUT2D eigenvalue weighted by Gasteiger charge is -2.10. The molecule has 1 amide bonds. The molecule has 0 aliphatic rings. The van der Waals surface area contributed by atoms with E-state index < -0.39 is 0 Å². The standard InChI is InChI=1S/C20H14Cl2N4OS2/c1-2-28-20-26-25-19(29-20)24-18(27)14-10-17(13-8-7-11(21)9-15(13)22)23-16-6-4-3-5-12(14)16/h3-10H,2H2,1H3,(H,24,25,27). The van der Waals surface area contributed by atoms with E-state index in [2.05, 4.69) is 20.5 Å². The molecule has 0 saturated carbocycles. The predicted molar refractivity (Wildman–Crippen MR) is 121 cm³/mol. The largest absolute Gasteiger partial charge is 0.296 e. The Labute approximate surface area is 185 Å². The molecule has 0 saturated heterocycles. The van der Waals surface area contributed by atoms with Crippen molar-refractivity contribution < 1.29 is 4.79 Å². The fourth-order valence-electron chi connectivity index (χ4n) is 2.80. The zero-order valence-electron chi connectivity index (χ0n) is 15.1. The molecule has 0 bridgehead atoms. The summed E-state index contributed by atoms with van der Waals surface area (Å²) < 4.78 is 0.816. The van der Waals surface area contributed by atoms with Crippen molar-refractivity contribution in [1.82, 2.24) is 15.2 Å². The highest BCUT2D eigenvalue weighted by molar-refractivity contribution is 8.01. The number of carbonyl (C=O) groups is 1. The molecule has 0 atom stereocenters. The van der Waals surface area contributed by atoms with Crippen molar-refractivity contribution in [2.45, 2.75) is 11.3 Å². The molecule has 2 heterocycles. The van der Waals surface area contributed by atoms with E-state index in [1.165, 1.54) is 11.3 Å². The minimum Gasteiger partial charge on any atom is -0.296 e. The first-order valence-electron chi connectivity index (χ1n) is 8.68. The van der Waals surface area contributed by atoms with Gasteiger partial charge in [-0.25, -0.2) is 4.98 Å². The third-order valence-corrected chi connectivity index (χ3v) is 6.46. The van der Waals surface area contributed by atoms with Gasteiger partial charge in [-0.15, -0.1) is 10.2 Å². The van der Waals surface area contributed by atoms with Gasteiger partial charge in [0.15, 0.2) is 4.34 Å². The van der Waals surface area contributed by atoms with Gasteiger partial charge >= 0.3 is 0 Å². The molecule has 146 valence electrons. The second kappa shape index (κ2) is 8.67. The van der Waals surface area contributed by atoms with Crippen LogP contribution in [0.5, 0.6) is 0 Å². The van der Waals surface area contributed by atoms with Crippen molar-refractivity contribution in [1.29, 1.82) is 0 Å². The minimum atomic E-state index is -0.279. The minimum absolute atomic E-state index is 0.279. The molecule has 2 aromatic heterocycles. The van der Waals surface area contributed by atoms with Crippen LogP contribution in [0.1, 0.15) is 17.3 Å². The van der Waals surface area contributed by atoms with Crippen LogP contribution in [0.3, 0.4) is 0 Å². The first-order chi connectivity index (χ1) is 14.0. The van der Waals surface area contributed by atoms with Gasteiger partial charge < -0.3 is 0 Å². The maximum atomic E-state index is 13.1. The summed E-state index contributed by atoms with van der Waals surface area (Å²) in [6.45, 7) is 2.04. The Morgan fingerprint density at radius 3 is 2.76 bits per heavy atom. The average Bonchev–Trinajstić information content (AvgIpc) is 3.14. The number of fused-ring (bicyclic) bond motifs is 1. The molecule has 29 heavy (non-hydrogen) atoms. The fourth-order valence-corrected chi connectivity index (χ4v) is 4.95. The van der Waals surface area contributed by atoms with Gasteiger partial charge in [-0.2, -0.15) is 0 Å². The molecular formula is C20H14Cl2N4OS2. The molecule has 9 heteroatoms. The van der Waals surface area contributed by atoms with Gasteiger partial charge in [0.2, 0.25) is 5.13 Å². The van der Waals surface area contributed by atoms with Gasteiger partial charge in [0.05, 0.1) is 21.8 Å². The smallest absolute Gasteiger partial charge is 0.258 e. The molecule has 0 spiro atoms. The third kappa shape index (κ3) is 4.38. The number of halogens is 2. The van der Waals surface area contributed by atoms with Crippen LogP contribution in [-0.4, -0.2) is 26.8 Å². The van der Waals surface area contributed by atoms with Crippen LogP contribution in [0.15, 0.2) is 52.9 Å². The Hall–Kier alpha value is -2.19. The first-order valence-corrected chi connectivity index (χ1v) is 11.2. The highest BCUT2D eigenvalue weighted by Gasteiger charge is 2.17. The Morgan fingerprint density at radius 1 is 1.14 bits per heavy atom. The van der Waals surface area contributed by atoms with Crippen LogP contribution in [-0.2, 0) is 0 Å². The normalized spacial score (nSPS) is 11.0. The van der Waals surface area contributed by atoms with Gasteiger partial charge in [-0.05, 0) is 36.1 Å². The molecule has 4 rings (SSSR count). The van der Waals surface area contributed by atoms with E-state index >= 15 is 0 Å². The number of amides is 1. The van der Waals surface area contributed by atoms with Crippen LogP contribution < -0.4 is 5.32 Å². The van der Waals surface area contributed by atoms with Crippen LogP contribution in [0.4, 0.5) is 5.13 Å². The number of nitrogens with one attached hydrogen (secondary N) is 1. The number of nitrogens with zero attached hydrogens (tertiary/aromatic N) is 3. The summed E-state index contributed by atoms with van der Waals surface area (Å²) in [4.78, 5) is 17.7. The summed E-state index contributed by atoms with van der Waals surface area (Å²) in [7, 11) is 0. The van der Waals surface area contributed by atoms with Gasteiger partial charge in [0.1, 0.15) is 0 Å². The number of thioether (sulfide) groups is 1. The van der Waals surface area contributed by atoms with E-state index in [1.807, 2.05) is 31.2 Å². The van der Waals surface area contributed by atoms with E-state index in [-0.39, 0.29) is 5.91 Å². The van der Waals surface area contributed by atoms with Crippen molar-refractivity contribution >= 4 is 68.2 Å². The predicted octanol–water partition coefficient (Wildman–Crippen LogP) is 6.42. The number of hydrogen-bond donors (Lipinski definition) is 1. The summed E-state index contributed by atoms with van der Waals surface area (Å²) in [5.41, 5.74) is 2.47. The molecule has 5 nitrogen and oxygen atoms in total. The zero-order chi connectivity index (χ0) is 20.4. The lowest BCUT2D eigenvalue weighted by atomic mass is 10.0. The summed E-state index contributed by atoms with van der Waals surface area (Å²) in [5, 5.41) is 13.2. The summed E-state index contributed by atoms with van der Waals surface area (Å²) in [6, 6.07) is 14.4. The van der Waals surface area contributed by atoms with Gasteiger partial charge in [-0.1, -0.05) is 71.4 Å². The van der Waals surface area contributed by atoms with Gasteiger partial charge in [-0.3, -0.25) is 10.1 Å². The topological polar surface area (TPSA) is 67.8 Å². The number of rotatable bonds is 5. The van der Waals surface area contributed by atoms with Crippen LogP contribution in [0.25, 0.3) is 22.2 Å². The first kappa shape index (κ1) is 20.1. The number of hydrogen-bond acceptors (Lipinski definition) is 6. The molecule has 0 unspecified atom stereocenters. The highest BCUT2D eigenvalue weighted by atomic mass is 35.5. The molecule has 2 aromatic carbocycles. The quantitative estimate of drug-likeness (QED) is 0.274. The molecule has 0 aliphatic carbocycles. The van der Waals surface area contributed by atoms with Crippen molar-refractivity contribution in [3.63, 3.8) is 0 Å². The number of carbonyl (C=O) groups excluding carboxylic acids is 1. The molecule has 0 fully saturated rings. The van der Waals surface area contributed by atoms with Crippen molar-refractivity contribution in [2.75, 3.05) is 11.1 Å². The Bertz CT molecular complexity index is 1210. The monoisotopic (exact) mass is 460 g/mol. The van der Waals surface area contributed by atoms with E-state index in [9.17, 15) is 4.79 Å². The van der Waals surface area contributed by atoms with Gasteiger partial charge in [0.25, 0.3) is 5.91 Å². The average molecular weight is 461 g/mol. The van der Waals surface area contributed by atoms with Crippen molar-refractivity contribution in [3.05, 3.63) is 64.1 Å². The maximum absolute atomic E-state index is 13.1. The third-order valence-electron chi connectivity index (χ3n) is 4.06. The summed E-state index contributed by atoms with van der Waals surface area (Å²) in [6.07, 6.45) is 0. The van der Waals surface area contributed by atoms with Crippen molar-refractivity contribution in [3.8, 4) is 11.3 Å². The fraction of sp³-hybridized carbons (Fsp3) is 0.100. The van der Waals surface area contributed by atoms with E-state index in [4.69, 9.17) is 23.2 Å². The Balaban J connectivity index is 1.76. The lowest BCUT2D eigenvalue weighted by Crippen LogP contribution is -2.13. The van der Waals surface area contributed by atoms with Crippen LogP contribution >= 0.6 is 46.3 Å². The second-order valence-electron chi connectivity index (χ2n) is 5.96. The summed E-state index contributed by atoms with van der Waals surface area (Å²) >= 11 is 15.3. The number of para-hydroxylation sites is 1. The molecule has 0 aliphatic heterocycles. The molecule has 4 aromatic rings. The SMILES string of the molecule is CCSc1nnc(NC(=O)c2cc(-c3ccc(Cl)cc3Cl)nc3ccccc23)s1. The second-order valence-corrected chi connectivity index (χ2v) is 9.29. The van der Waals surface area contributed by atoms with Crippen LogP contribution in [0.2, 0.25) is 10.0 Å². The summed E-state index contributed by atoms with van der Waals surface area (Å²) in [5.74, 6) is 0.613. The van der Waals surface area contributed by atoms with E-state index in [0.717, 1.165) is 15.5 Å². The zero-order valence-corrected chi connectivity index (χ0v) is 18.3. The van der Waals surface area contributed by atoms with Crippen LogP contribution in [0, 0.1) is 0 Å². The number of pyridine rings is 1. The lowest BCUT2D eigenvalue weighted by molar-refractivity contribution is 0.102. The van der Waals surface area contributed by atoms with E-state index in [1.54, 1.807) is 36.0 Å². The Kier molecular flexibility index (Phi) is 6.01. The maximum Gasteiger partial charge on any atom is 0.258 e. The number of benzene rings is 2. The number of aromatic nitrogens is 3. The number of anilines is 1. The molecular weight excluding hydrogens is 447 g/mol. The molecule has 1 N–H and O–H groups in total. The van der Waals surface area contributed by atoms with E-state index in [0.29, 0.717) is 37.5 Å². The van der Waals surface area contributed by atoms with Crippen molar-refractivity contribution in [2.24, 2.45) is 0 Å². The van der Waals surface area contributed by atoms with Gasteiger partial charge in [0, 0.05) is 16.0 Å². The molecule has 0 radical (unpaired) electrons.